The smallest absolute Gasteiger partial charge is 0.335 e. The molecule has 4 heteroatoms. The van der Waals surface area contributed by atoms with Gasteiger partial charge in [-0.1, -0.05) is 33.6 Å². The van der Waals surface area contributed by atoms with Crippen molar-refractivity contribution >= 4 is 11.8 Å². The first kappa shape index (κ1) is 15.5. The van der Waals surface area contributed by atoms with E-state index in [1.807, 2.05) is 6.92 Å². The maximum absolute atomic E-state index is 11.0. The molecule has 0 bridgehead atoms. The fraction of sp³-hybridized carbons (Fsp3) is 0.600. The van der Waals surface area contributed by atoms with Gasteiger partial charge in [-0.25, -0.2) is 9.78 Å². The second-order valence-electron chi connectivity index (χ2n) is 5.21. The van der Waals surface area contributed by atoms with Crippen molar-refractivity contribution in [1.29, 1.82) is 0 Å². The first-order chi connectivity index (χ1) is 9.02. The van der Waals surface area contributed by atoms with Crippen LogP contribution in [-0.2, 0) is 6.42 Å². The van der Waals surface area contributed by atoms with E-state index in [4.69, 9.17) is 5.11 Å². The minimum Gasteiger partial charge on any atom is -0.478 e. The Morgan fingerprint density at radius 2 is 2.11 bits per heavy atom. The number of hydrogen-bond acceptors (Lipinski definition) is 3. The molecule has 106 valence electrons. The molecule has 0 saturated carbocycles. The summed E-state index contributed by atoms with van der Waals surface area (Å²) in [6.45, 7) is 7.25. The van der Waals surface area contributed by atoms with Crippen LogP contribution in [0.5, 0.6) is 0 Å². The van der Waals surface area contributed by atoms with Crippen LogP contribution in [0.1, 0.15) is 56.1 Å². The number of hydrogen-bond donors (Lipinski definition) is 2. The van der Waals surface area contributed by atoms with Crippen molar-refractivity contribution in [2.45, 2.75) is 46.5 Å². The zero-order valence-electron chi connectivity index (χ0n) is 12.1. The van der Waals surface area contributed by atoms with Crippen LogP contribution in [0, 0.1) is 5.92 Å². The van der Waals surface area contributed by atoms with Gasteiger partial charge in [0.15, 0.2) is 0 Å². The highest BCUT2D eigenvalue weighted by Crippen LogP contribution is 2.12. The van der Waals surface area contributed by atoms with Crippen molar-refractivity contribution < 1.29 is 9.90 Å². The molecule has 0 aromatic carbocycles. The van der Waals surface area contributed by atoms with Crippen molar-refractivity contribution in [3.8, 4) is 0 Å². The summed E-state index contributed by atoms with van der Waals surface area (Å²) in [5, 5.41) is 12.3. The molecule has 1 rings (SSSR count). The van der Waals surface area contributed by atoms with Crippen LogP contribution < -0.4 is 5.32 Å². The number of carboxylic acids is 1. The van der Waals surface area contributed by atoms with Gasteiger partial charge in [-0.3, -0.25) is 0 Å². The predicted molar refractivity (Wildman–Crippen MR) is 77.8 cm³/mol. The summed E-state index contributed by atoms with van der Waals surface area (Å²) in [7, 11) is 0. The summed E-state index contributed by atoms with van der Waals surface area (Å²) in [5.74, 6) is 0.501. The van der Waals surface area contributed by atoms with E-state index in [0.29, 0.717) is 11.4 Å². The van der Waals surface area contributed by atoms with Crippen molar-refractivity contribution in [2.75, 3.05) is 11.9 Å². The molecule has 0 aliphatic carbocycles. The van der Waals surface area contributed by atoms with E-state index < -0.39 is 5.97 Å². The number of aryl methyl sites for hydroxylation is 1. The monoisotopic (exact) mass is 264 g/mol. The molecular formula is C15H24N2O2. The molecule has 0 aliphatic heterocycles. The highest BCUT2D eigenvalue weighted by Gasteiger charge is 2.07. The lowest BCUT2D eigenvalue weighted by Crippen LogP contribution is -2.07. The molecule has 4 nitrogen and oxygen atoms in total. The van der Waals surface area contributed by atoms with E-state index in [9.17, 15) is 4.79 Å². The number of aromatic nitrogens is 1. The van der Waals surface area contributed by atoms with Gasteiger partial charge in [0, 0.05) is 12.2 Å². The van der Waals surface area contributed by atoms with Crippen molar-refractivity contribution in [2.24, 2.45) is 5.92 Å². The Labute approximate surface area is 115 Å². The van der Waals surface area contributed by atoms with Gasteiger partial charge in [0.05, 0.1) is 5.56 Å². The first-order valence-electron chi connectivity index (χ1n) is 7.01. The standard InChI is InChI=1S/C15H24N2O2/c1-4-13-9-12(15(18)19)10-14(17-13)16-8-6-5-7-11(2)3/h9-11H,4-8H2,1-3H3,(H,16,17)(H,18,19). The number of carboxylic acid groups (broad SMARTS) is 1. The van der Waals surface area contributed by atoms with Gasteiger partial charge in [0.25, 0.3) is 0 Å². The summed E-state index contributed by atoms with van der Waals surface area (Å²) in [6, 6.07) is 3.23. The number of unbranched alkanes of at least 4 members (excludes halogenated alkanes) is 1. The van der Waals surface area contributed by atoms with Crippen LogP contribution in [-0.4, -0.2) is 22.6 Å². The lowest BCUT2D eigenvalue weighted by molar-refractivity contribution is 0.0696. The maximum atomic E-state index is 11.0. The van der Waals surface area contributed by atoms with Crippen LogP contribution in [0.25, 0.3) is 0 Å². The van der Waals surface area contributed by atoms with Crippen LogP contribution in [0.2, 0.25) is 0 Å². The summed E-state index contributed by atoms with van der Waals surface area (Å²) in [5.41, 5.74) is 1.11. The SMILES string of the molecule is CCc1cc(C(=O)O)cc(NCCCCC(C)C)n1. The van der Waals surface area contributed by atoms with E-state index in [1.165, 1.54) is 12.8 Å². The molecule has 1 aromatic rings. The molecular weight excluding hydrogens is 240 g/mol. The quantitative estimate of drug-likeness (QED) is 0.704. The number of rotatable bonds is 8. The Balaban J connectivity index is 2.53. The number of nitrogens with one attached hydrogen (secondary N) is 1. The number of pyridine rings is 1. The molecule has 0 spiro atoms. The zero-order valence-corrected chi connectivity index (χ0v) is 12.1. The molecule has 0 unspecified atom stereocenters. The highest BCUT2D eigenvalue weighted by molar-refractivity contribution is 5.88. The Morgan fingerprint density at radius 3 is 2.68 bits per heavy atom. The summed E-state index contributed by atoms with van der Waals surface area (Å²) in [6.07, 6.45) is 4.23. The van der Waals surface area contributed by atoms with Crippen molar-refractivity contribution in [3.63, 3.8) is 0 Å². The van der Waals surface area contributed by atoms with E-state index in [0.717, 1.165) is 31.0 Å². The molecule has 0 atom stereocenters. The van der Waals surface area contributed by atoms with Gasteiger partial charge in [-0.15, -0.1) is 0 Å². The third-order valence-corrected chi connectivity index (χ3v) is 3.00. The Hall–Kier alpha value is -1.58. The molecule has 19 heavy (non-hydrogen) atoms. The average molecular weight is 264 g/mol. The van der Waals surface area contributed by atoms with Gasteiger partial charge in [-0.05, 0) is 30.9 Å². The van der Waals surface area contributed by atoms with Gasteiger partial charge in [0.2, 0.25) is 0 Å². The average Bonchev–Trinajstić information content (AvgIpc) is 2.37. The third kappa shape index (κ3) is 5.73. The number of aromatic carboxylic acids is 1. The summed E-state index contributed by atoms with van der Waals surface area (Å²) in [4.78, 5) is 15.4. The molecule has 0 amide bonds. The number of carbonyl (C=O) groups is 1. The van der Waals surface area contributed by atoms with Crippen LogP contribution in [0.4, 0.5) is 5.82 Å². The van der Waals surface area contributed by atoms with E-state index in [2.05, 4.69) is 24.1 Å². The Bertz CT molecular complexity index is 417. The van der Waals surface area contributed by atoms with Crippen molar-refractivity contribution in [3.05, 3.63) is 23.4 Å². The molecule has 1 heterocycles. The molecule has 0 fully saturated rings. The maximum Gasteiger partial charge on any atom is 0.335 e. The van der Waals surface area contributed by atoms with E-state index in [-0.39, 0.29) is 0 Å². The number of anilines is 1. The van der Waals surface area contributed by atoms with Crippen molar-refractivity contribution in [1.82, 2.24) is 4.98 Å². The summed E-state index contributed by atoms with van der Waals surface area (Å²) < 4.78 is 0. The van der Waals surface area contributed by atoms with Crippen LogP contribution >= 0.6 is 0 Å². The van der Waals surface area contributed by atoms with Gasteiger partial charge >= 0.3 is 5.97 Å². The predicted octanol–water partition coefficient (Wildman–Crippen LogP) is 3.58. The third-order valence-electron chi connectivity index (χ3n) is 3.00. The van der Waals surface area contributed by atoms with Crippen LogP contribution in [0.15, 0.2) is 12.1 Å². The Morgan fingerprint density at radius 1 is 1.37 bits per heavy atom. The normalized spacial score (nSPS) is 10.7. The zero-order chi connectivity index (χ0) is 14.3. The van der Waals surface area contributed by atoms with Gasteiger partial charge < -0.3 is 10.4 Å². The lowest BCUT2D eigenvalue weighted by Gasteiger charge is -2.09. The summed E-state index contributed by atoms with van der Waals surface area (Å²) >= 11 is 0. The van der Waals surface area contributed by atoms with Crippen LogP contribution in [0.3, 0.4) is 0 Å². The largest absolute Gasteiger partial charge is 0.478 e. The minimum atomic E-state index is -0.903. The second kappa shape index (κ2) is 7.77. The first-order valence-corrected chi connectivity index (χ1v) is 7.01. The van der Waals surface area contributed by atoms with Gasteiger partial charge in [0.1, 0.15) is 5.82 Å². The molecule has 0 radical (unpaired) electrons. The molecule has 1 aromatic heterocycles. The lowest BCUT2D eigenvalue weighted by atomic mass is 10.1. The number of nitrogens with zero attached hydrogens (tertiary/aromatic N) is 1. The molecule has 2 N–H and O–H groups in total. The molecule has 0 aliphatic rings. The molecule has 0 saturated heterocycles. The van der Waals surface area contributed by atoms with E-state index >= 15 is 0 Å². The topological polar surface area (TPSA) is 62.2 Å². The highest BCUT2D eigenvalue weighted by atomic mass is 16.4. The Kier molecular flexibility index (Phi) is 6.33. The second-order valence-corrected chi connectivity index (χ2v) is 5.21. The van der Waals surface area contributed by atoms with E-state index in [1.54, 1.807) is 12.1 Å². The fourth-order valence-electron chi connectivity index (χ4n) is 1.88. The van der Waals surface area contributed by atoms with Gasteiger partial charge in [-0.2, -0.15) is 0 Å². The fourth-order valence-corrected chi connectivity index (χ4v) is 1.88. The minimum absolute atomic E-state index is 0.302.